The fraction of sp³-hybridized carbons (Fsp3) is 0.545. The fourth-order valence-electron chi connectivity index (χ4n) is 1.37. The van der Waals surface area contributed by atoms with Gasteiger partial charge in [-0.3, -0.25) is 4.21 Å². The zero-order valence-corrected chi connectivity index (χ0v) is 11.2. The van der Waals surface area contributed by atoms with Crippen LogP contribution in [0.5, 0.6) is 0 Å². The molecule has 0 saturated heterocycles. The summed E-state index contributed by atoms with van der Waals surface area (Å²) in [5.74, 6) is 0.606. The summed E-state index contributed by atoms with van der Waals surface area (Å²) in [6.45, 7) is 7.00. The van der Waals surface area contributed by atoms with Crippen molar-refractivity contribution in [1.82, 2.24) is 9.88 Å². The van der Waals surface area contributed by atoms with Crippen LogP contribution >= 0.6 is 11.6 Å². The molecule has 0 N–H and O–H groups in total. The maximum absolute atomic E-state index is 11.9. The number of aromatic nitrogens is 1. The van der Waals surface area contributed by atoms with Crippen LogP contribution in [-0.4, -0.2) is 39.5 Å². The van der Waals surface area contributed by atoms with Crippen LogP contribution < -0.4 is 0 Å². The molecule has 0 saturated carbocycles. The second kappa shape index (κ2) is 6.99. The van der Waals surface area contributed by atoms with E-state index in [0.29, 0.717) is 15.9 Å². The van der Waals surface area contributed by atoms with E-state index in [9.17, 15) is 4.21 Å². The Morgan fingerprint density at radius 3 is 2.62 bits per heavy atom. The van der Waals surface area contributed by atoms with E-state index in [1.165, 1.54) is 0 Å². The molecule has 0 fully saturated rings. The topological polar surface area (TPSA) is 33.2 Å². The Morgan fingerprint density at radius 1 is 1.38 bits per heavy atom. The van der Waals surface area contributed by atoms with Gasteiger partial charge >= 0.3 is 0 Å². The summed E-state index contributed by atoms with van der Waals surface area (Å²) in [4.78, 5) is 6.29. The van der Waals surface area contributed by atoms with Crippen molar-refractivity contribution in [2.45, 2.75) is 18.9 Å². The molecule has 90 valence electrons. The lowest BCUT2D eigenvalue weighted by Gasteiger charge is -2.16. The third kappa shape index (κ3) is 4.20. The molecule has 0 amide bonds. The highest BCUT2D eigenvalue weighted by atomic mass is 35.5. The molecular formula is C11H17ClN2OS. The van der Waals surface area contributed by atoms with E-state index in [-0.39, 0.29) is 0 Å². The van der Waals surface area contributed by atoms with Gasteiger partial charge in [-0.2, -0.15) is 0 Å². The van der Waals surface area contributed by atoms with E-state index >= 15 is 0 Å². The number of halogens is 1. The normalized spacial score (nSPS) is 13.0. The van der Waals surface area contributed by atoms with Gasteiger partial charge in [0.25, 0.3) is 0 Å². The Bertz CT molecular complexity index is 356. The number of pyridine rings is 1. The van der Waals surface area contributed by atoms with Crippen molar-refractivity contribution >= 4 is 22.4 Å². The van der Waals surface area contributed by atoms with Crippen LogP contribution in [0.15, 0.2) is 23.2 Å². The van der Waals surface area contributed by atoms with E-state index in [1.807, 2.05) is 0 Å². The lowest BCUT2D eigenvalue weighted by atomic mass is 10.5. The second-order valence-corrected chi connectivity index (χ2v) is 5.28. The zero-order valence-electron chi connectivity index (χ0n) is 9.65. The molecule has 1 atom stereocenters. The van der Waals surface area contributed by atoms with Crippen LogP contribution in [0.4, 0.5) is 0 Å². The van der Waals surface area contributed by atoms with Crippen LogP contribution in [-0.2, 0) is 10.8 Å². The predicted octanol–water partition coefficient (Wildman–Crippen LogP) is 2.18. The number of hydrogen-bond donors (Lipinski definition) is 0. The first-order chi connectivity index (χ1) is 7.67. The standard InChI is InChI=1S/C11H17ClN2OS/c1-3-14(4-2)8-9-16(15)11-7-5-6-10(12)13-11/h5-7H,3-4,8-9H2,1-2H3. The Kier molecular flexibility index (Phi) is 5.95. The van der Waals surface area contributed by atoms with Gasteiger partial charge in [-0.25, -0.2) is 4.98 Å². The first kappa shape index (κ1) is 13.6. The van der Waals surface area contributed by atoms with Gasteiger partial charge in [0.05, 0.1) is 10.8 Å². The average molecular weight is 261 g/mol. The summed E-state index contributed by atoms with van der Waals surface area (Å²) in [5, 5.41) is 0.966. The molecule has 1 aromatic heterocycles. The fourth-order valence-corrected chi connectivity index (χ4v) is 2.65. The van der Waals surface area contributed by atoms with Gasteiger partial charge in [0.1, 0.15) is 10.2 Å². The quantitative estimate of drug-likeness (QED) is 0.735. The average Bonchev–Trinajstić information content (AvgIpc) is 2.30. The lowest BCUT2D eigenvalue weighted by molar-refractivity contribution is 0.323. The third-order valence-electron chi connectivity index (χ3n) is 2.41. The molecule has 3 nitrogen and oxygen atoms in total. The van der Waals surface area contributed by atoms with Crippen molar-refractivity contribution in [2.75, 3.05) is 25.4 Å². The van der Waals surface area contributed by atoms with E-state index in [0.717, 1.165) is 19.6 Å². The predicted molar refractivity (Wildman–Crippen MR) is 68.3 cm³/mol. The largest absolute Gasteiger partial charge is 0.303 e. The SMILES string of the molecule is CCN(CC)CCS(=O)c1cccc(Cl)n1. The smallest absolute Gasteiger partial charge is 0.130 e. The maximum Gasteiger partial charge on any atom is 0.130 e. The van der Waals surface area contributed by atoms with Crippen molar-refractivity contribution in [3.05, 3.63) is 23.4 Å². The third-order valence-corrected chi connectivity index (χ3v) is 3.87. The van der Waals surface area contributed by atoms with E-state index in [1.54, 1.807) is 18.2 Å². The molecular weight excluding hydrogens is 244 g/mol. The molecule has 5 heteroatoms. The summed E-state index contributed by atoms with van der Waals surface area (Å²) in [5.41, 5.74) is 0. The Hall–Kier alpha value is -0.450. The van der Waals surface area contributed by atoms with Gasteiger partial charge in [-0.15, -0.1) is 0 Å². The Labute approximate surface area is 104 Å². The van der Waals surface area contributed by atoms with Gasteiger partial charge in [-0.05, 0) is 25.2 Å². The number of hydrogen-bond acceptors (Lipinski definition) is 3. The summed E-state index contributed by atoms with van der Waals surface area (Å²) in [6.07, 6.45) is 0. The molecule has 1 heterocycles. The van der Waals surface area contributed by atoms with Crippen molar-refractivity contribution < 1.29 is 4.21 Å². The van der Waals surface area contributed by atoms with Crippen LogP contribution in [0, 0.1) is 0 Å². The molecule has 0 bridgehead atoms. The van der Waals surface area contributed by atoms with Crippen molar-refractivity contribution in [3.8, 4) is 0 Å². The maximum atomic E-state index is 11.9. The van der Waals surface area contributed by atoms with Crippen LogP contribution in [0.1, 0.15) is 13.8 Å². The molecule has 0 aliphatic carbocycles. The molecule has 16 heavy (non-hydrogen) atoms. The van der Waals surface area contributed by atoms with Crippen LogP contribution in [0.3, 0.4) is 0 Å². The molecule has 0 spiro atoms. The first-order valence-corrected chi connectivity index (χ1v) is 7.10. The minimum atomic E-state index is -1.05. The highest BCUT2D eigenvalue weighted by Crippen LogP contribution is 2.09. The zero-order chi connectivity index (χ0) is 12.0. The summed E-state index contributed by atoms with van der Waals surface area (Å²) < 4.78 is 11.9. The first-order valence-electron chi connectivity index (χ1n) is 5.40. The summed E-state index contributed by atoms with van der Waals surface area (Å²) >= 11 is 5.75. The second-order valence-electron chi connectivity index (χ2n) is 3.38. The molecule has 0 aliphatic heterocycles. The Balaban J connectivity index is 2.52. The van der Waals surface area contributed by atoms with Gasteiger partial charge in [0, 0.05) is 12.3 Å². The monoisotopic (exact) mass is 260 g/mol. The lowest BCUT2D eigenvalue weighted by Crippen LogP contribution is -2.27. The molecule has 1 aromatic rings. The van der Waals surface area contributed by atoms with Crippen molar-refractivity contribution in [1.29, 1.82) is 0 Å². The molecule has 1 rings (SSSR count). The summed E-state index contributed by atoms with van der Waals surface area (Å²) in [6, 6.07) is 5.22. The van der Waals surface area contributed by atoms with Crippen molar-refractivity contribution in [3.63, 3.8) is 0 Å². The molecule has 0 aliphatic rings. The Morgan fingerprint density at radius 2 is 2.06 bits per heavy atom. The van der Waals surface area contributed by atoms with E-state index in [4.69, 9.17) is 11.6 Å². The van der Waals surface area contributed by atoms with Crippen molar-refractivity contribution in [2.24, 2.45) is 0 Å². The minimum Gasteiger partial charge on any atom is -0.303 e. The van der Waals surface area contributed by atoms with Gasteiger partial charge < -0.3 is 4.90 Å². The minimum absolute atomic E-state index is 0.397. The van der Waals surface area contributed by atoms with Crippen LogP contribution in [0.25, 0.3) is 0 Å². The molecule has 0 radical (unpaired) electrons. The summed E-state index contributed by atoms with van der Waals surface area (Å²) in [7, 11) is -1.05. The van der Waals surface area contributed by atoms with Gasteiger partial charge in [0.15, 0.2) is 0 Å². The highest BCUT2D eigenvalue weighted by Gasteiger charge is 2.07. The van der Waals surface area contributed by atoms with E-state index < -0.39 is 10.8 Å². The molecule has 1 unspecified atom stereocenters. The number of nitrogens with zero attached hydrogens (tertiary/aromatic N) is 2. The van der Waals surface area contributed by atoms with E-state index in [2.05, 4.69) is 23.7 Å². The number of rotatable bonds is 6. The van der Waals surface area contributed by atoms with Gasteiger partial charge in [0.2, 0.25) is 0 Å². The molecule has 0 aromatic carbocycles. The van der Waals surface area contributed by atoms with Gasteiger partial charge in [-0.1, -0.05) is 31.5 Å². The highest BCUT2D eigenvalue weighted by molar-refractivity contribution is 7.85. The van der Waals surface area contributed by atoms with Crippen LogP contribution in [0.2, 0.25) is 5.15 Å².